The summed E-state index contributed by atoms with van der Waals surface area (Å²) in [6.45, 7) is 1.38. The average molecular weight is 297 g/mol. The van der Waals surface area contributed by atoms with Gasteiger partial charge in [-0.15, -0.1) is 0 Å². The molecular weight excluding hydrogens is 282 g/mol. The minimum Gasteiger partial charge on any atom is -0.438 e. The van der Waals surface area contributed by atoms with Crippen LogP contribution in [0.25, 0.3) is 11.0 Å². The van der Waals surface area contributed by atoms with Crippen LogP contribution in [-0.2, 0) is 0 Å². The van der Waals surface area contributed by atoms with Gasteiger partial charge in [-0.1, -0.05) is 0 Å². The molecule has 22 heavy (non-hydrogen) atoms. The van der Waals surface area contributed by atoms with Crippen molar-refractivity contribution in [1.82, 2.24) is 25.1 Å². The first-order valence-electron chi connectivity index (χ1n) is 7.29. The molecule has 7 nitrogen and oxygen atoms in total. The maximum atomic E-state index is 12.4. The van der Waals surface area contributed by atoms with Gasteiger partial charge in [-0.05, 0) is 25.0 Å². The van der Waals surface area contributed by atoms with Gasteiger partial charge in [0.15, 0.2) is 12.0 Å². The number of fused-ring (bicyclic) bond motifs is 1. The molecule has 0 aliphatic carbocycles. The topological polar surface area (TPSA) is 87.9 Å². The number of aromatic amines is 1. The first kappa shape index (κ1) is 13.0. The summed E-state index contributed by atoms with van der Waals surface area (Å²) in [5.74, 6) is 0.413. The van der Waals surface area contributed by atoms with Gasteiger partial charge < -0.3 is 9.32 Å². The molecule has 3 aromatic heterocycles. The van der Waals surface area contributed by atoms with Crippen molar-refractivity contribution in [2.75, 3.05) is 13.1 Å². The number of carbonyl (C=O) groups is 1. The van der Waals surface area contributed by atoms with Crippen molar-refractivity contribution in [3.8, 4) is 0 Å². The van der Waals surface area contributed by atoms with Crippen molar-refractivity contribution in [2.45, 2.75) is 18.8 Å². The molecule has 7 heteroatoms. The number of likely N-dealkylation sites (tertiary alicyclic amines) is 1. The van der Waals surface area contributed by atoms with E-state index in [0.717, 1.165) is 36.1 Å². The van der Waals surface area contributed by atoms with E-state index in [1.54, 1.807) is 6.20 Å². The molecule has 1 fully saturated rings. The van der Waals surface area contributed by atoms with Gasteiger partial charge in [0.2, 0.25) is 5.76 Å². The molecule has 4 rings (SSSR count). The number of carbonyl (C=O) groups excluding carboxylic acids is 1. The number of rotatable bonds is 2. The number of amides is 1. The highest BCUT2D eigenvalue weighted by Crippen LogP contribution is 2.27. The Balaban J connectivity index is 1.56. The monoisotopic (exact) mass is 297 g/mol. The maximum absolute atomic E-state index is 12.4. The van der Waals surface area contributed by atoms with Gasteiger partial charge in [-0.3, -0.25) is 9.89 Å². The van der Waals surface area contributed by atoms with Crippen molar-refractivity contribution in [2.24, 2.45) is 0 Å². The van der Waals surface area contributed by atoms with Crippen molar-refractivity contribution in [3.05, 3.63) is 42.4 Å². The molecule has 1 amide bonds. The Morgan fingerprint density at radius 2 is 2.32 bits per heavy atom. The summed E-state index contributed by atoms with van der Waals surface area (Å²) in [7, 11) is 0. The molecule has 4 heterocycles. The van der Waals surface area contributed by atoms with Crippen LogP contribution >= 0.6 is 0 Å². The highest BCUT2D eigenvalue weighted by Gasteiger charge is 2.27. The van der Waals surface area contributed by atoms with E-state index in [4.69, 9.17) is 4.42 Å². The van der Waals surface area contributed by atoms with Gasteiger partial charge in [0.25, 0.3) is 5.91 Å². The van der Waals surface area contributed by atoms with Crippen molar-refractivity contribution in [1.29, 1.82) is 0 Å². The van der Waals surface area contributed by atoms with E-state index >= 15 is 0 Å². The van der Waals surface area contributed by atoms with E-state index in [1.165, 1.54) is 12.6 Å². The Morgan fingerprint density at radius 1 is 1.36 bits per heavy atom. The summed E-state index contributed by atoms with van der Waals surface area (Å²) in [6, 6.07) is 4.03. The van der Waals surface area contributed by atoms with Crippen LogP contribution in [0.1, 0.15) is 35.0 Å². The van der Waals surface area contributed by atoms with Crippen LogP contribution in [0.2, 0.25) is 0 Å². The van der Waals surface area contributed by atoms with Crippen molar-refractivity contribution < 1.29 is 9.21 Å². The Morgan fingerprint density at radius 3 is 3.18 bits per heavy atom. The van der Waals surface area contributed by atoms with Crippen LogP contribution in [0.3, 0.4) is 0 Å². The van der Waals surface area contributed by atoms with E-state index in [1.807, 2.05) is 17.0 Å². The molecule has 0 saturated carbocycles. The van der Waals surface area contributed by atoms with Crippen LogP contribution in [0.4, 0.5) is 0 Å². The van der Waals surface area contributed by atoms with Gasteiger partial charge >= 0.3 is 0 Å². The fraction of sp³-hybridized carbons (Fsp3) is 0.333. The molecule has 1 saturated heterocycles. The van der Waals surface area contributed by atoms with Gasteiger partial charge in [-0.25, -0.2) is 9.97 Å². The number of hydrogen-bond acceptors (Lipinski definition) is 5. The number of piperidine rings is 1. The van der Waals surface area contributed by atoms with E-state index in [0.29, 0.717) is 6.54 Å². The van der Waals surface area contributed by atoms with E-state index in [2.05, 4.69) is 20.2 Å². The summed E-state index contributed by atoms with van der Waals surface area (Å²) >= 11 is 0. The third-order valence-corrected chi connectivity index (χ3v) is 4.09. The predicted octanol–water partition coefficient (Wildman–Crippen LogP) is 1.97. The zero-order valence-electron chi connectivity index (χ0n) is 11.9. The average Bonchev–Trinajstić information content (AvgIpc) is 3.25. The second-order valence-electron chi connectivity index (χ2n) is 5.50. The number of nitrogens with zero attached hydrogens (tertiary/aromatic N) is 4. The lowest BCUT2D eigenvalue weighted by molar-refractivity contribution is 0.0674. The fourth-order valence-electron chi connectivity index (χ4n) is 2.95. The second kappa shape index (κ2) is 5.25. The van der Waals surface area contributed by atoms with E-state index in [9.17, 15) is 4.79 Å². The van der Waals surface area contributed by atoms with E-state index in [-0.39, 0.29) is 17.6 Å². The van der Waals surface area contributed by atoms with Crippen molar-refractivity contribution >= 4 is 16.9 Å². The third kappa shape index (κ3) is 2.24. The molecule has 1 aliphatic rings. The standard InChI is InChI=1S/C15H15N5O2/c21-15(13-7-16-9-22-13)20-5-1-2-11(8-20)12-4-3-10-6-17-19-14(10)18-12/h3-4,6-7,9,11H,1-2,5,8H2,(H,17,18,19). The number of hydrogen-bond donors (Lipinski definition) is 1. The molecule has 1 atom stereocenters. The molecule has 0 bridgehead atoms. The zero-order valence-corrected chi connectivity index (χ0v) is 11.9. The second-order valence-corrected chi connectivity index (χ2v) is 5.50. The van der Waals surface area contributed by atoms with Crippen LogP contribution in [0, 0.1) is 0 Å². The normalized spacial score (nSPS) is 18.7. The molecular formula is C15H15N5O2. The van der Waals surface area contributed by atoms with Crippen LogP contribution < -0.4 is 0 Å². The number of H-pyrrole nitrogens is 1. The first-order chi connectivity index (χ1) is 10.8. The number of aromatic nitrogens is 4. The lowest BCUT2D eigenvalue weighted by Gasteiger charge is -2.31. The predicted molar refractivity (Wildman–Crippen MR) is 78.3 cm³/mol. The lowest BCUT2D eigenvalue weighted by atomic mass is 9.94. The molecule has 0 aromatic carbocycles. The minimum absolute atomic E-state index is 0.107. The molecule has 0 spiro atoms. The Bertz CT molecular complexity index is 795. The Kier molecular flexibility index (Phi) is 3.10. The maximum Gasteiger partial charge on any atom is 0.291 e. The van der Waals surface area contributed by atoms with Gasteiger partial charge in [0.05, 0.1) is 12.4 Å². The summed E-state index contributed by atoms with van der Waals surface area (Å²) in [5.41, 5.74) is 1.78. The summed E-state index contributed by atoms with van der Waals surface area (Å²) in [6.07, 6.45) is 6.47. The minimum atomic E-state index is -0.107. The highest BCUT2D eigenvalue weighted by molar-refractivity contribution is 5.91. The smallest absolute Gasteiger partial charge is 0.291 e. The van der Waals surface area contributed by atoms with Crippen LogP contribution in [-0.4, -0.2) is 44.1 Å². The molecule has 0 radical (unpaired) electrons. The van der Waals surface area contributed by atoms with Gasteiger partial charge in [0, 0.05) is 30.1 Å². The van der Waals surface area contributed by atoms with Gasteiger partial charge in [-0.2, -0.15) is 5.10 Å². The number of nitrogens with one attached hydrogen (secondary N) is 1. The Labute approximate surface area is 126 Å². The third-order valence-electron chi connectivity index (χ3n) is 4.09. The number of pyridine rings is 1. The zero-order chi connectivity index (χ0) is 14.9. The van der Waals surface area contributed by atoms with Crippen LogP contribution in [0.5, 0.6) is 0 Å². The quantitative estimate of drug-likeness (QED) is 0.781. The van der Waals surface area contributed by atoms with E-state index < -0.39 is 0 Å². The molecule has 1 aliphatic heterocycles. The molecule has 1 unspecified atom stereocenters. The van der Waals surface area contributed by atoms with Crippen molar-refractivity contribution in [3.63, 3.8) is 0 Å². The first-order valence-corrected chi connectivity index (χ1v) is 7.29. The number of oxazole rings is 1. The SMILES string of the molecule is O=C(c1cnco1)N1CCCC(c2ccc3cn[nH]c3n2)C1. The largest absolute Gasteiger partial charge is 0.438 e. The van der Waals surface area contributed by atoms with Gasteiger partial charge in [0.1, 0.15) is 0 Å². The van der Waals surface area contributed by atoms with Crippen LogP contribution in [0.15, 0.2) is 35.3 Å². The summed E-state index contributed by atoms with van der Waals surface area (Å²) < 4.78 is 5.11. The summed E-state index contributed by atoms with van der Waals surface area (Å²) in [5, 5.41) is 7.88. The molecule has 112 valence electrons. The molecule has 3 aromatic rings. The highest BCUT2D eigenvalue weighted by atomic mass is 16.3. The lowest BCUT2D eigenvalue weighted by Crippen LogP contribution is -2.39. The fourth-order valence-corrected chi connectivity index (χ4v) is 2.95. The Hall–Kier alpha value is -2.70. The molecule has 1 N–H and O–H groups in total. The summed E-state index contributed by atoms with van der Waals surface area (Å²) in [4.78, 5) is 22.6.